The minimum Gasteiger partial charge on any atom is -0.475 e. The van der Waals surface area contributed by atoms with E-state index in [0.29, 0.717) is 39.2 Å². The molecule has 3 N–H and O–H groups in total. The molecule has 0 bridgehead atoms. The summed E-state index contributed by atoms with van der Waals surface area (Å²) in [6.07, 6.45) is -2.76. The summed E-state index contributed by atoms with van der Waals surface area (Å²) >= 11 is 0. The first-order valence-electron chi connectivity index (χ1n) is 11.1. The van der Waals surface area contributed by atoms with Gasteiger partial charge in [-0.1, -0.05) is 0 Å². The van der Waals surface area contributed by atoms with E-state index in [9.17, 15) is 30.8 Å². The highest BCUT2D eigenvalue weighted by atomic mass is 32.2. The number of amides is 1. The first-order chi connectivity index (χ1) is 17.3. The summed E-state index contributed by atoms with van der Waals surface area (Å²) in [4.78, 5) is 27.7. The standard InChI is InChI=1S/C19H25FN4O5S.C2HF3O2/c20-8-14(9-21)12-29-17-2-1-16(10-22-17)30(26,27)24-11-15-7-19(15,13-24)18(25)23-3-5-28-6-4-23;3-2(4,5)1(6)7/h1-2,8,10,15H,3-7,9,11-13,21H2;(H,6,7)/b14-8+;/t15-,19-;/m1./s1. The van der Waals surface area contributed by atoms with Crippen LogP contribution in [0.2, 0.25) is 0 Å². The lowest BCUT2D eigenvalue weighted by Crippen LogP contribution is -2.46. The van der Waals surface area contributed by atoms with E-state index < -0.39 is 27.6 Å². The van der Waals surface area contributed by atoms with Crippen molar-refractivity contribution in [2.75, 3.05) is 52.5 Å². The Hall–Kier alpha value is -2.82. The van der Waals surface area contributed by atoms with Crippen LogP contribution in [-0.4, -0.2) is 98.3 Å². The monoisotopic (exact) mass is 554 g/mol. The van der Waals surface area contributed by atoms with E-state index in [0.717, 1.165) is 6.42 Å². The van der Waals surface area contributed by atoms with Gasteiger partial charge in [-0.05, 0) is 18.4 Å². The number of carbonyl (C=O) groups is 2. The number of sulfonamides is 1. The van der Waals surface area contributed by atoms with E-state index in [1.807, 2.05) is 0 Å². The SMILES string of the molecule is NC/C(=C\F)COc1ccc(S(=O)(=O)N2C[C@H]3C[C@@]3(C(=O)N3CCOCC3)C2)cn1.O=C(O)C(F)(F)F. The summed E-state index contributed by atoms with van der Waals surface area (Å²) in [7, 11) is -3.77. The predicted octanol–water partition coefficient (Wildman–Crippen LogP) is 0.775. The Balaban J connectivity index is 0.000000479. The zero-order chi connectivity index (χ0) is 27.4. The van der Waals surface area contributed by atoms with E-state index in [1.165, 1.54) is 22.6 Å². The van der Waals surface area contributed by atoms with Crippen LogP contribution in [0.25, 0.3) is 0 Å². The highest BCUT2D eigenvalue weighted by Gasteiger charge is 2.67. The average Bonchev–Trinajstić information content (AvgIpc) is 3.44. The molecule has 16 heteroatoms. The normalized spacial score (nSPS) is 24.1. The number of aliphatic carboxylic acids is 1. The molecule has 1 aromatic rings. The van der Waals surface area contributed by atoms with Crippen LogP contribution in [0.4, 0.5) is 17.6 Å². The summed E-state index contributed by atoms with van der Waals surface area (Å²) in [6.45, 7) is 2.61. The van der Waals surface area contributed by atoms with E-state index in [1.54, 1.807) is 4.90 Å². The number of pyridine rings is 1. The number of nitrogens with zero attached hydrogens (tertiary/aromatic N) is 3. The van der Waals surface area contributed by atoms with Gasteiger partial charge < -0.3 is 25.2 Å². The van der Waals surface area contributed by atoms with Gasteiger partial charge in [0.05, 0.1) is 31.2 Å². The largest absolute Gasteiger partial charge is 0.490 e. The van der Waals surface area contributed by atoms with Gasteiger partial charge in [-0.2, -0.15) is 17.5 Å². The molecule has 1 aliphatic carbocycles. The average molecular weight is 555 g/mol. The fourth-order valence-electron chi connectivity index (χ4n) is 4.09. The molecule has 3 aliphatic rings. The Morgan fingerprint density at radius 1 is 1.30 bits per heavy atom. The highest BCUT2D eigenvalue weighted by Crippen LogP contribution is 2.59. The lowest BCUT2D eigenvalue weighted by Gasteiger charge is -2.30. The van der Waals surface area contributed by atoms with Gasteiger partial charge in [0.1, 0.15) is 11.5 Å². The highest BCUT2D eigenvalue weighted by molar-refractivity contribution is 7.89. The van der Waals surface area contributed by atoms with Gasteiger partial charge >= 0.3 is 12.1 Å². The zero-order valence-electron chi connectivity index (χ0n) is 19.5. The molecule has 2 aliphatic heterocycles. The molecule has 1 amide bonds. The molecule has 3 fully saturated rings. The molecular weight excluding hydrogens is 528 g/mol. The molecule has 4 rings (SSSR count). The molecular formula is C21H26F4N4O7S. The van der Waals surface area contributed by atoms with Crippen LogP contribution in [0.15, 0.2) is 35.1 Å². The van der Waals surface area contributed by atoms with Crippen molar-refractivity contribution < 1.29 is 50.1 Å². The van der Waals surface area contributed by atoms with Gasteiger partial charge in [-0.25, -0.2) is 22.6 Å². The van der Waals surface area contributed by atoms with Crippen molar-refractivity contribution in [2.45, 2.75) is 17.5 Å². The number of fused-ring (bicyclic) bond motifs is 1. The van der Waals surface area contributed by atoms with Crippen LogP contribution >= 0.6 is 0 Å². The smallest absolute Gasteiger partial charge is 0.475 e. The molecule has 206 valence electrons. The van der Waals surface area contributed by atoms with Gasteiger partial charge in [0, 0.05) is 44.4 Å². The first kappa shape index (κ1) is 28.7. The van der Waals surface area contributed by atoms with Crippen molar-refractivity contribution in [1.29, 1.82) is 0 Å². The molecule has 11 nitrogen and oxygen atoms in total. The number of rotatable bonds is 7. The molecule has 1 saturated carbocycles. The second kappa shape index (κ2) is 11.3. The van der Waals surface area contributed by atoms with Crippen molar-refractivity contribution in [1.82, 2.24) is 14.2 Å². The van der Waals surface area contributed by atoms with Gasteiger partial charge in [0.2, 0.25) is 21.8 Å². The number of nitrogens with two attached hydrogens (primary N) is 1. The Morgan fingerprint density at radius 3 is 2.46 bits per heavy atom. The van der Waals surface area contributed by atoms with Crippen molar-refractivity contribution >= 4 is 21.9 Å². The number of carboxylic acids is 1. The van der Waals surface area contributed by atoms with Gasteiger partial charge in [-0.15, -0.1) is 0 Å². The van der Waals surface area contributed by atoms with Crippen molar-refractivity contribution in [2.24, 2.45) is 17.1 Å². The van der Waals surface area contributed by atoms with Gasteiger partial charge in [0.25, 0.3) is 0 Å². The quantitative estimate of drug-likeness (QED) is 0.466. The van der Waals surface area contributed by atoms with Crippen LogP contribution in [0.1, 0.15) is 6.42 Å². The lowest BCUT2D eigenvalue weighted by molar-refractivity contribution is -0.192. The summed E-state index contributed by atoms with van der Waals surface area (Å²) < 4.78 is 82.3. The third kappa shape index (κ3) is 6.55. The Kier molecular flexibility index (Phi) is 8.77. The number of hydrogen-bond acceptors (Lipinski definition) is 8. The van der Waals surface area contributed by atoms with Crippen molar-refractivity contribution in [3.8, 4) is 5.88 Å². The maximum absolute atomic E-state index is 13.0. The second-order valence-corrected chi connectivity index (χ2v) is 10.6. The molecule has 0 unspecified atom stereocenters. The fraction of sp³-hybridized carbons (Fsp3) is 0.571. The minimum absolute atomic E-state index is 0.0179. The van der Waals surface area contributed by atoms with Crippen LogP contribution in [0.3, 0.4) is 0 Å². The predicted molar refractivity (Wildman–Crippen MR) is 118 cm³/mol. The topological polar surface area (TPSA) is 152 Å². The van der Waals surface area contributed by atoms with Crippen molar-refractivity contribution in [3.05, 3.63) is 30.2 Å². The number of carboxylic acid groups (broad SMARTS) is 1. The number of hydrogen-bond donors (Lipinski definition) is 2. The molecule has 1 aromatic heterocycles. The minimum atomic E-state index is -5.08. The van der Waals surface area contributed by atoms with Gasteiger partial charge in [0.15, 0.2) is 0 Å². The maximum atomic E-state index is 13.0. The number of alkyl halides is 3. The van der Waals surface area contributed by atoms with E-state index >= 15 is 0 Å². The molecule has 3 heterocycles. The van der Waals surface area contributed by atoms with Crippen molar-refractivity contribution in [3.63, 3.8) is 0 Å². The van der Waals surface area contributed by atoms with Crippen LogP contribution in [-0.2, 0) is 24.3 Å². The van der Waals surface area contributed by atoms with Crippen LogP contribution in [0.5, 0.6) is 5.88 Å². The molecule has 0 radical (unpaired) electrons. The molecule has 0 spiro atoms. The summed E-state index contributed by atoms with van der Waals surface area (Å²) in [6, 6.07) is 2.82. The van der Waals surface area contributed by atoms with Crippen LogP contribution in [0, 0.1) is 11.3 Å². The maximum Gasteiger partial charge on any atom is 0.490 e. The third-order valence-corrected chi connectivity index (χ3v) is 8.05. The Morgan fingerprint density at radius 2 is 1.95 bits per heavy atom. The second-order valence-electron chi connectivity index (χ2n) is 8.65. The number of ether oxygens (including phenoxy) is 2. The number of piperidine rings is 1. The van der Waals surface area contributed by atoms with E-state index in [2.05, 4.69) is 4.98 Å². The third-order valence-electron chi connectivity index (χ3n) is 6.25. The first-order valence-corrected chi connectivity index (χ1v) is 12.5. The zero-order valence-corrected chi connectivity index (χ0v) is 20.3. The number of carbonyl (C=O) groups excluding carboxylic acids is 1. The lowest BCUT2D eigenvalue weighted by atomic mass is 10.0. The van der Waals surface area contributed by atoms with E-state index in [-0.39, 0.29) is 47.9 Å². The summed E-state index contributed by atoms with van der Waals surface area (Å²) in [5.74, 6) is -2.50. The summed E-state index contributed by atoms with van der Waals surface area (Å²) in [5, 5.41) is 7.12. The van der Waals surface area contributed by atoms with Crippen LogP contribution < -0.4 is 10.5 Å². The Labute approximate surface area is 209 Å². The molecule has 2 saturated heterocycles. The molecule has 37 heavy (non-hydrogen) atoms. The molecule has 0 aromatic carbocycles. The number of morpholine rings is 1. The van der Waals surface area contributed by atoms with E-state index in [4.69, 9.17) is 25.1 Å². The fourth-order valence-corrected chi connectivity index (χ4v) is 5.59. The number of halogens is 4. The Bertz CT molecular complexity index is 1120. The summed E-state index contributed by atoms with van der Waals surface area (Å²) in [5.41, 5.74) is 5.03. The number of aromatic nitrogens is 1. The molecule has 2 atom stereocenters. The van der Waals surface area contributed by atoms with Gasteiger partial charge in [-0.3, -0.25) is 4.79 Å².